The average Bonchev–Trinajstić information content (AvgIpc) is 2.49. The molecule has 0 aromatic heterocycles. The quantitative estimate of drug-likeness (QED) is 0.613. The van der Waals surface area contributed by atoms with E-state index in [0.29, 0.717) is 13.2 Å². The minimum Gasteiger partial charge on any atom is -0.467 e. The van der Waals surface area contributed by atoms with Gasteiger partial charge in [-0.15, -0.1) is 11.8 Å². The van der Waals surface area contributed by atoms with E-state index in [4.69, 9.17) is 9.47 Å². The minimum absolute atomic E-state index is 0.277. The molecule has 0 radical (unpaired) electrons. The van der Waals surface area contributed by atoms with E-state index >= 15 is 0 Å². The van der Waals surface area contributed by atoms with Crippen LogP contribution in [0.1, 0.15) is 5.56 Å². The van der Waals surface area contributed by atoms with Crippen molar-refractivity contribution in [2.45, 2.75) is 17.9 Å². The smallest absolute Gasteiger partial charge is 0.336 e. The van der Waals surface area contributed by atoms with Gasteiger partial charge in [-0.25, -0.2) is 4.79 Å². The Balaban J connectivity index is 1.73. The zero-order chi connectivity index (χ0) is 14.4. The van der Waals surface area contributed by atoms with Crippen LogP contribution < -0.4 is 0 Å². The van der Waals surface area contributed by atoms with Crippen LogP contribution in [0.5, 0.6) is 0 Å². The van der Waals surface area contributed by atoms with Crippen molar-refractivity contribution in [3.63, 3.8) is 0 Å². The molecule has 0 N–H and O–H groups in total. The highest BCUT2D eigenvalue weighted by atomic mass is 32.2. The molecular weight excluding hydrogens is 274 g/mol. The molecule has 1 aromatic carbocycles. The van der Waals surface area contributed by atoms with Crippen molar-refractivity contribution < 1.29 is 14.3 Å². The van der Waals surface area contributed by atoms with E-state index in [-0.39, 0.29) is 5.97 Å². The summed E-state index contributed by atoms with van der Waals surface area (Å²) in [6.45, 7) is 5.14. The number of hydrogen-bond acceptors (Lipinski definition) is 5. The summed E-state index contributed by atoms with van der Waals surface area (Å²) in [5.74, 6) is 0.734. The predicted octanol–water partition coefficient (Wildman–Crippen LogP) is 1.96. The molecule has 0 bridgehead atoms. The van der Waals surface area contributed by atoms with Crippen molar-refractivity contribution in [1.29, 1.82) is 0 Å². The number of rotatable bonds is 5. The van der Waals surface area contributed by atoms with Crippen LogP contribution in [0, 0.1) is 6.92 Å². The Morgan fingerprint density at radius 3 is 2.90 bits per heavy atom. The fourth-order valence-electron chi connectivity index (χ4n) is 2.11. The van der Waals surface area contributed by atoms with E-state index in [2.05, 4.69) is 36.1 Å². The Morgan fingerprint density at radius 1 is 1.45 bits per heavy atom. The van der Waals surface area contributed by atoms with Crippen LogP contribution in [-0.2, 0) is 14.3 Å². The number of carbonyl (C=O) groups is 1. The van der Waals surface area contributed by atoms with Gasteiger partial charge in [0.05, 0.1) is 13.7 Å². The number of morpholine rings is 1. The van der Waals surface area contributed by atoms with Crippen LogP contribution in [-0.4, -0.2) is 56.1 Å². The van der Waals surface area contributed by atoms with Gasteiger partial charge in [-0.05, 0) is 19.1 Å². The Hall–Kier alpha value is -1.04. The van der Waals surface area contributed by atoms with E-state index in [0.717, 1.165) is 18.8 Å². The molecule has 0 amide bonds. The van der Waals surface area contributed by atoms with Gasteiger partial charge in [-0.1, -0.05) is 17.7 Å². The third-order valence-electron chi connectivity index (χ3n) is 3.31. The molecule has 0 aliphatic carbocycles. The molecule has 4 nitrogen and oxygen atoms in total. The zero-order valence-electron chi connectivity index (χ0n) is 12.0. The Morgan fingerprint density at radius 2 is 2.20 bits per heavy atom. The SMILES string of the molecule is COC(=O)C1CN(CCSc2ccc(C)cc2)CCO1. The van der Waals surface area contributed by atoms with E-state index in [1.165, 1.54) is 17.6 Å². The molecular formula is C15H21NO3S. The molecule has 1 aliphatic heterocycles. The van der Waals surface area contributed by atoms with Gasteiger partial charge in [-0.2, -0.15) is 0 Å². The number of thioether (sulfide) groups is 1. The minimum atomic E-state index is -0.432. The topological polar surface area (TPSA) is 38.8 Å². The summed E-state index contributed by atoms with van der Waals surface area (Å²) in [6, 6.07) is 8.56. The molecule has 0 spiro atoms. The first-order valence-corrected chi connectivity index (χ1v) is 7.79. The normalized spacial score (nSPS) is 19.8. The molecule has 1 saturated heterocycles. The molecule has 1 aromatic rings. The van der Waals surface area contributed by atoms with Crippen molar-refractivity contribution >= 4 is 17.7 Å². The molecule has 1 fully saturated rings. The highest BCUT2D eigenvalue weighted by Gasteiger charge is 2.26. The largest absolute Gasteiger partial charge is 0.467 e. The second-order valence-corrected chi connectivity index (χ2v) is 6.01. The van der Waals surface area contributed by atoms with Crippen molar-refractivity contribution in [1.82, 2.24) is 4.90 Å². The zero-order valence-corrected chi connectivity index (χ0v) is 12.8. The number of hydrogen-bond donors (Lipinski definition) is 0. The summed E-state index contributed by atoms with van der Waals surface area (Å²) >= 11 is 1.84. The van der Waals surface area contributed by atoms with Crippen molar-refractivity contribution in [2.75, 3.05) is 39.1 Å². The van der Waals surface area contributed by atoms with Crippen LogP contribution in [0.15, 0.2) is 29.2 Å². The van der Waals surface area contributed by atoms with Gasteiger partial charge < -0.3 is 9.47 Å². The molecule has 1 unspecified atom stereocenters. The number of benzene rings is 1. The van der Waals surface area contributed by atoms with Gasteiger partial charge in [0.25, 0.3) is 0 Å². The van der Waals surface area contributed by atoms with Gasteiger partial charge >= 0.3 is 5.97 Å². The van der Waals surface area contributed by atoms with Crippen molar-refractivity contribution in [2.24, 2.45) is 0 Å². The number of esters is 1. The maximum Gasteiger partial charge on any atom is 0.336 e. The fraction of sp³-hybridized carbons (Fsp3) is 0.533. The third-order valence-corrected chi connectivity index (χ3v) is 4.30. The number of methoxy groups -OCH3 is 1. The first-order chi connectivity index (χ1) is 9.69. The maximum atomic E-state index is 11.5. The monoisotopic (exact) mass is 295 g/mol. The molecule has 0 saturated carbocycles. The lowest BCUT2D eigenvalue weighted by molar-refractivity contribution is -0.159. The summed E-state index contributed by atoms with van der Waals surface area (Å²) in [4.78, 5) is 15.0. The third kappa shape index (κ3) is 4.51. The average molecular weight is 295 g/mol. The lowest BCUT2D eigenvalue weighted by atomic mass is 10.2. The Labute approximate surface area is 124 Å². The van der Waals surface area contributed by atoms with Crippen LogP contribution in [0.25, 0.3) is 0 Å². The number of nitrogens with zero attached hydrogens (tertiary/aromatic N) is 1. The predicted molar refractivity (Wildman–Crippen MR) is 80.1 cm³/mol. The van der Waals surface area contributed by atoms with Gasteiger partial charge in [0.1, 0.15) is 0 Å². The van der Waals surface area contributed by atoms with E-state index in [1.54, 1.807) is 0 Å². The van der Waals surface area contributed by atoms with E-state index in [9.17, 15) is 4.79 Å². The first-order valence-electron chi connectivity index (χ1n) is 6.80. The lowest BCUT2D eigenvalue weighted by Crippen LogP contribution is -2.47. The Bertz CT molecular complexity index is 435. The summed E-state index contributed by atoms with van der Waals surface area (Å²) < 4.78 is 10.1. The number of ether oxygens (including phenoxy) is 2. The van der Waals surface area contributed by atoms with Crippen molar-refractivity contribution in [3.8, 4) is 0 Å². The molecule has 1 heterocycles. The molecule has 2 rings (SSSR count). The summed E-state index contributed by atoms with van der Waals surface area (Å²) in [5, 5.41) is 0. The van der Waals surface area contributed by atoms with E-state index < -0.39 is 6.10 Å². The lowest BCUT2D eigenvalue weighted by Gasteiger charge is -2.31. The first kappa shape index (κ1) is 15.4. The van der Waals surface area contributed by atoms with Gasteiger partial charge in [0, 0.05) is 30.3 Å². The molecule has 1 aliphatic rings. The van der Waals surface area contributed by atoms with Gasteiger partial charge in [0.2, 0.25) is 0 Å². The standard InChI is InChI=1S/C15H21NO3S/c1-12-3-5-13(6-4-12)20-10-8-16-7-9-19-14(11-16)15(17)18-2/h3-6,14H,7-11H2,1-2H3. The van der Waals surface area contributed by atoms with E-state index in [1.807, 2.05) is 11.8 Å². The van der Waals surface area contributed by atoms with Gasteiger partial charge in [-0.3, -0.25) is 4.90 Å². The highest BCUT2D eigenvalue weighted by molar-refractivity contribution is 7.99. The van der Waals surface area contributed by atoms with Crippen molar-refractivity contribution in [3.05, 3.63) is 29.8 Å². The molecule has 110 valence electrons. The van der Waals surface area contributed by atoms with Crippen LogP contribution >= 0.6 is 11.8 Å². The Kier molecular flexibility index (Phi) is 5.88. The van der Waals surface area contributed by atoms with Crippen LogP contribution in [0.4, 0.5) is 0 Å². The summed E-state index contributed by atoms with van der Waals surface area (Å²) in [7, 11) is 1.40. The second-order valence-electron chi connectivity index (χ2n) is 4.84. The van der Waals surface area contributed by atoms with Gasteiger partial charge in [0.15, 0.2) is 6.10 Å². The molecule has 5 heteroatoms. The summed E-state index contributed by atoms with van der Waals surface area (Å²) in [5.41, 5.74) is 1.28. The maximum absolute atomic E-state index is 11.5. The fourth-order valence-corrected chi connectivity index (χ4v) is 3.02. The van der Waals surface area contributed by atoms with Crippen LogP contribution in [0.2, 0.25) is 0 Å². The number of carbonyl (C=O) groups excluding carboxylic acids is 1. The van der Waals surface area contributed by atoms with Crippen LogP contribution in [0.3, 0.4) is 0 Å². The molecule has 20 heavy (non-hydrogen) atoms. The second kappa shape index (κ2) is 7.67. The molecule has 1 atom stereocenters. The summed E-state index contributed by atoms with van der Waals surface area (Å²) in [6.07, 6.45) is -0.432. The highest BCUT2D eigenvalue weighted by Crippen LogP contribution is 2.18. The number of aryl methyl sites for hydroxylation is 1.